The first kappa shape index (κ1) is 19.1. The zero-order valence-electron chi connectivity index (χ0n) is 15.5. The second-order valence-electron chi connectivity index (χ2n) is 6.65. The van der Waals surface area contributed by atoms with Crippen LogP contribution < -0.4 is 5.32 Å². The summed E-state index contributed by atoms with van der Waals surface area (Å²) in [6, 6.07) is 6.52. The van der Waals surface area contributed by atoms with Crippen LogP contribution in [0.4, 0.5) is 4.39 Å². The monoisotopic (exact) mass is 365 g/mol. The Morgan fingerprint density at radius 2 is 2.08 bits per heavy atom. The van der Waals surface area contributed by atoms with Gasteiger partial charge >= 0.3 is 0 Å². The van der Waals surface area contributed by atoms with Crippen LogP contribution in [0.3, 0.4) is 0 Å². The molecule has 2 saturated heterocycles. The Morgan fingerprint density at radius 1 is 1.27 bits per heavy atom. The third-order valence-electron chi connectivity index (χ3n) is 4.47. The van der Waals surface area contributed by atoms with Crippen LogP contribution >= 0.6 is 0 Å². The molecule has 7 heteroatoms. The molecule has 3 atom stereocenters. The second-order valence-corrected chi connectivity index (χ2v) is 6.65. The first-order valence-corrected chi connectivity index (χ1v) is 9.29. The normalized spacial score (nSPS) is 27.4. The Balaban J connectivity index is 1.69. The predicted molar refractivity (Wildman–Crippen MR) is 97.8 cm³/mol. The molecule has 0 amide bonds. The van der Waals surface area contributed by atoms with Gasteiger partial charge in [0.15, 0.2) is 5.96 Å². The summed E-state index contributed by atoms with van der Waals surface area (Å²) in [6.07, 6.45) is -0.0573. The van der Waals surface area contributed by atoms with Crippen LogP contribution in [0.5, 0.6) is 0 Å². The SMILES string of the molecule is CCNC(=NCC1COCCO1)N1CC(C)OC(c2ccc(F)cc2)C1. The van der Waals surface area contributed by atoms with E-state index in [-0.39, 0.29) is 24.1 Å². The summed E-state index contributed by atoms with van der Waals surface area (Å²) in [5.41, 5.74) is 0.975. The number of morpholine rings is 1. The average molecular weight is 365 g/mol. The molecule has 0 aromatic heterocycles. The molecule has 6 nitrogen and oxygen atoms in total. The minimum Gasteiger partial charge on any atom is -0.376 e. The van der Waals surface area contributed by atoms with Gasteiger partial charge in [0.1, 0.15) is 18.0 Å². The van der Waals surface area contributed by atoms with E-state index < -0.39 is 0 Å². The van der Waals surface area contributed by atoms with Gasteiger partial charge in [-0.05, 0) is 31.5 Å². The zero-order valence-corrected chi connectivity index (χ0v) is 15.5. The fourth-order valence-corrected chi connectivity index (χ4v) is 3.24. The molecule has 0 radical (unpaired) electrons. The van der Waals surface area contributed by atoms with Gasteiger partial charge in [0.2, 0.25) is 0 Å². The first-order chi connectivity index (χ1) is 12.7. The van der Waals surface area contributed by atoms with Crippen molar-refractivity contribution in [3.8, 4) is 0 Å². The van der Waals surface area contributed by atoms with Gasteiger partial charge < -0.3 is 24.4 Å². The number of benzene rings is 1. The standard InChI is InChI=1S/C19H28FN3O3/c1-3-21-19(22-10-17-13-24-8-9-25-17)23-11-14(2)26-18(12-23)15-4-6-16(20)7-5-15/h4-7,14,17-18H,3,8-13H2,1-2H3,(H,21,22). The number of hydrogen-bond donors (Lipinski definition) is 1. The molecule has 2 fully saturated rings. The lowest BCUT2D eigenvalue weighted by Crippen LogP contribution is -2.51. The van der Waals surface area contributed by atoms with Gasteiger partial charge in [-0.3, -0.25) is 4.99 Å². The third-order valence-corrected chi connectivity index (χ3v) is 4.47. The Bertz CT molecular complexity index is 590. The van der Waals surface area contributed by atoms with Crippen molar-refractivity contribution in [1.82, 2.24) is 10.2 Å². The molecule has 0 aliphatic carbocycles. The second kappa shape index (κ2) is 9.30. The summed E-state index contributed by atoms with van der Waals surface area (Å²) >= 11 is 0. The van der Waals surface area contributed by atoms with E-state index in [9.17, 15) is 4.39 Å². The van der Waals surface area contributed by atoms with Crippen molar-refractivity contribution < 1.29 is 18.6 Å². The minimum absolute atomic E-state index is 0.00349. The van der Waals surface area contributed by atoms with E-state index in [2.05, 4.69) is 17.1 Å². The van der Waals surface area contributed by atoms with Crippen molar-refractivity contribution in [1.29, 1.82) is 0 Å². The number of rotatable bonds is 4. The van der Waals surface area contributed by atoms with Crippen LogP contribution in [0.15, 0.2) is 29.3 Å². The van der Waals surface area contributed by atoms with Crippen LogP contribution in [0, 0.1) is 5.82 Å². The lowest BCUT2D eigenvalue weighted by atomic mass is 10.1. The summed E-state index contributed by atoms with van der Waals surface area (Å²) in [5, 5.41) is 3.36. The molecule has 26 heavy (non-hydrogen) atoms. The fraction of sp³-hybridized carbons (Fsp3) is 0.632. The van der Waals surface area contributed by atoms with Gasteiger partial charge in [0.25, 0.3) is 0 Å². The summed E-state index contributed by atoms with van der Waals surface area (Å²) in [7, 11) is 0. The number of hydrogen-bond acceptors (Lipinski definition) is 4. The van der Waals surface area contributed by atoms with E-state index in [1.54, 1.807) is 12.1 Å². The maximum absolute atomic E-state index is 13.2. The third kappa shape index (κ3) is 5.16. The molecule has 1 aromatic carbocycles. The van der Waals surface area contributed by atoms with Crippen LogP contribution in [-0.4, -0.2) is 69.1 Å². The Kier molecular flexibility index (Phi) is 6.82. The largest absolute Gasteiger partial charge is 0.376 e. The lowest BCUT2D eigenvalue weighted by Gasteiger charge is -2.39. The van der Waals surface area contributed by atoms with Gasteiger partial charge in [0, 0.05) is 13.1 Å². The lowest BCUT2D eigenvalue weighted by molar-refractivity contribution is -0.0836. The van der Waals surface area contributed by atoms with E-state index in [1.165, 1.54) is 12.1 Å². The molecule has 0 saturated carbocycles. The van der Waals surface area contributed by atoms with Crippen molar-refractivity contribution in [2.24, 2.45) is 4.99 Å². The van der Waals surface area contributed by atoms with Crippen molar-refractivity contribution in [3.63, 3.8) is 0 Å². The number of guanidine groups is 1. The highest BCUT2D eigenvalue weighted by Gasteiger charge is 2.28. The van der Waals surface area contributed by atoms with Crippen LogP contribution in [0.2, 0.25) is 0 Å². The topological polar surface area (TPSA) is 55.3 Å². The zero-order chi connectivity index (χ0) is 18.4. The van der Waals surface area contributed by atoms with Crippen LogP contribution in [-0.2, 0) is 14.2 Å². The smallest absolute Gasteiger partial charge is 0.194 e. The highest BCUT2D eigenvalue weighted by Crippen LogP contribution is 2.25. The summed E-state index contributed by atoms with van der Waals surface area (Å²) in [6.45, 7) is 8.74. The number of aliphatic imine (C=N–C) groups is 1. The first-order valence-electron chi connectivity index (χ1n) is 9.29. The number of nitrogens with one attached hydrogen (secondary N) is 1. The molecule has 1 N–H and O–H groups in total. The van der Waals surface area contributed by atoms with Gasteiger partial charge in [-0.2, -0.15) is 0 Å². The molecule has 2 heterocycles. The summed E-state index contributed by atoms with van der Waals surface area (Å²) < 4.78 is 30.4. The molecule has 1 aromatic rings. The Labute approximate surface area is 154 Å². The van der Waals surface area contributed by atoms with Crippen molar-refractivity contribution >= 4 is 5.96 Å². The molecule has 2 aliphatic rings. The van der Waals surface area contributed by atoms with Crippen LogP contribution in [0.25, 0.3) is 0 Å². The van der Waals surface area contributed by atoms with E-state index in [1.807, 2.05) is 6.92 Å². The number of ether oxygens (including phenoxy) is 3. The van der Waals surface area contributed by atoms with Gasteiger partial charge in [0.05, 0.1) is 39.0 Å². The average Bonchev–Trinajstić information content (AvgIpc) is 2.66. The highest BCUT2D eigenvalue weighted by atomic mass is 19.1. The molecule has 2 aliphatic heterocycles. The maximum atomic E-state index is 13.2. The van der Waals surface area contributed by atoms with Crippen LogP contribution in [0.1, 0.15) is 25.5 Å². The number of nitrogens with zero attached hydrogens (tertiary/aromatic N) is 2. The van der Waals surface area contributed by atoms with Gasteiger partial charge in [-0.15, -0.1) is 0 Å². The predicted octanol–water partition coefficient (Wildman–Crippen LogP) is 1.97. The summed E-state index contributed by atoms with van der Waals surface area (Å²) in [5.74, 6) is 0.614. The van der Waals surface area contributed by atoms with Gasteiger partial charge in [-0.1, -0.05) is 12.1 Å². The molecular weight excluding hydrogens is 337 g/mol. The number of halogens is 1. The maximum Gasteiger partial charge on any atom is 0.194 e. The van der Waals surface area contributed by atoms with E-state index >= 15 is 0 Å². The Hall–Kier alpha value is -1.70. The van der Waals surface area contributed by atoms with E-state index in [4.69, 9.17) is 19.2 Å². The minimum atomic E-state index is -0.237. The quantitative estimate of drug-likeness (QED) is 0.653. The highest BCUT2D eigenvalue weighted by molar-refractivity contribution is 5.80. The van der Waals surface area contributed by atoms with E-state index in [0.717, 1.165) is 24.6 Å². The molecule has 3 rings (SSSR count). The van der Waals surface area contributed by atoms with Crippen molar-refractivity contribution in [3.05, 3.63) is 35.6 Å². The van der Waals surface area contributed by atoms with Crippen molar-refractivity contribution in [2.75, 3.05) is 46.0 Å². The fourth-order valence-electron chi connectivity index (χ4n) is 3.24. The van der Waals surface area contributed by atoms with E-state index in [0.29, 0.717) is 32.9 Å². The van der Waals surface area contributed by atoms with Crippen molar-refractivity contribution in [2.45, 2.75) is 32.2 Å². The molecule has 3 unspecified atom stereocenters. The molecule has 144 valence electrons. The Morgan fingerprint density at radius 3 is 2.77 bits per heavy atom. The van der Waals surface area contributed by atoms with Gasteiger partial charge in [-0.25, -0.2) is 4.39 Å². The molecular formula is C19H28FN3O3. The molecule has 0 bridgehead atoms. The molecule has 0 spiro atoms. The summed E-state index contributed by atoms with van der Waals surface area (Å²) in [4.78, 5) is 6.95.